The molecule has 1 unspecified atom stereocenters. The standard InChI is InChI=1S/C20H30N2O5/c1-16-6-5-7-17(12-16)26-10-4-3-8-19(23)22-9-11-27-18(14-22)13-21(2)15-20(24)25/h5-7,12,18H,3-4,8-11,13-15H2,1-2H3,(H,24,25). The summed E-state index contributed by atoms with van der Waals surface area (Å²) in [5, 5.41) is 8.82. The number of ether oxygens (including phenoxy) is 2. The molecule has 1 fully saturated rings. The Labute approximate surface area is 160 Å². The summed E-state index contributed by atoms with van der Waals surface area (Å²) < 4.78 is 11.4. The van der Waals surface area contributed by atoms with E-state index in [4.69, 9.17) is 14.6 Å². The third-order valence-electron chi connectivity index (χ3n) is 4.46. The van der Waals surface area contributed by atoms with E-state index in [0.29, 0.717) is 39.3 Å². The van der Waals surface area contributed by atoms with E-state index in [1.165, 1.54) is 5.56 Å². The number of likely N-dealkylation sites (N-methyl/N-ethyl adjacent to an activating group) is 1. The molecule has 1 saturated heterocycles. The molecule has 1 amide bonds. The summed E-state index contributed by atoms with van der Waals surface area (Å²) in [6, 6.07) is 7.94. The zero-order chi connectivity index (χ0) is 19.6. The largest absolute Gasteiger partial charge is 0.494 e. The minimum atomic E-state index is -0.867. The van der Waals surface area contributed by atoms with Crippen LogP contribution in [0.25, 0.3) is 0 Å². The van der Waals surface area contributed by atoms with Gasteiger partial charge >= 0.3 is 5.97 Å². The van der Waals surface area contributed by atoms with E-state index in [0.717, 1.165) is 18.6 Å². The molecule has 1 heterocycles. The van der Waals surface area contributed by atoms with Crippen LogP contribution in [-0.2, 0) is 14.3 Å². The maximum Gasteiger partial charge on any atom is 0.317 e. The summed E-state index contributed by atoms with van der Waals surface area (Å²) in [5.41, 5.74) is 1.17. The van der Waals surface area contributed by atoms with Crippen LogP contribution >= 0.6 is 0 Å². The zero-order valence-electron chi connectivity index (χ0n) is 16.2. The monoisotopic (exact) mass is 378 g/mol. The van der Waals surface area contributed by atoms with E-state index in [1.54, 1.807) is 11.9 Å². The summed E-state index contributed by atoms with van der Waals surface area (Å²) in [6.45, 7) is 4.70. The molecular formula is C20H30N2O5. The van der Waals surface area contributed by atoms with E-state index in [-0.39, 0.29) is 18.6 Å². The number of carbonyl (C=O) groups is 2. The van der Waals surface area contributed by atoms with Gasteiger partial charge in [0.25, 0.3) is 0 Å². The van der Waals surface area contributed by atoms with Crippen LogP contribution in [0.5, 0.6) is 5.75 Å². The first-order chi connectivity index (χ1) is 12.9. The summed E-state index contributed by atoms with van der Waals surface area (Å²) in [7, 11) is 1.74. The molecule has 7 heteroatoms. The molecule has 0 bridgehead atoms. The van der Waals surface area contributed by atoms with E-state index in [2.05, 4.69) is 0 Å². The van der Waals surface area contributed by atoms with Crippen molar-refractivity contribution in [3.63, 3.8) is 0 Å². The van der Waals surface area contributed by atoms with E-state index < -0.39 is 5.97 Å². The molecule has 150 valence electrons. The second-order valence-corrected chi connectivity index (χ2v) is 7.05. The summed E-state index contributed by atoms with van der Waals surface area (Å²) in [5.74, 6) is 0.122. The topological polar surface area (TPSA) is 79.3 Å². The smallest absolute Gasteiger partial charge is 0.317 e. The Kier molecular flexibility index (Phi) is 8.54. The average molecular weight is 378 g/mol. The summed E-state index contributed by atoms with van der Waals surface area (Å²) in [6.07, 6.45) is 1.96. The molecule has 1 N–H and O–H groups in total. The van der Waals surface area contributed by atoms with Gasteiger partial charge in [0.05, 0.1) is 25.9 Å². The summed E-state index contributed by atoms with van der Waals surface area (Å²) >= 11 is 0. The number of unbranched alkanes of at least 4 members (excludes halogenated alkanes) is 1. The fourth-order valence-corrected chi connectivity index (χ4v) is 3.13. The minimum absolute atomic E-state index is 0.0330. The minimum Gasteiger partial charge on any atom is -0.494 e. The lowest BCUT2D eigenvalue weighted by molar-refractivity contribution is -0.142. The number of benzene rings is 1. The van der Waals surface area contributed by atoms with Crippen LogP contribution < -0.4 is 4.74 Å². The number of amides is 1. The molecule has 0 radical (unpaired) electrons. The average Bonchev–Trinajstić information content (AvgIpc) is 2.61. The fraction of sp³-hybridized carbons (Fsp3) is 0.600. The molecule has 1 aliphatic heterocycles. The normalized spacial score (nSPS) is 17.1. The van der Waals surface area contributed by atoms with Gasteiger partial charge in [-0.15, -0.1) is 0 Å². The van der Waals surface area contributed by atoms with E-state index in [1.807, 2.05) is 36.1 Å². The maximum absolute atomic E-state index is 12.4. The number of carbonyl (C=O) groups excluding carboxylic acids is 1. The highest BCUT2D eigenvalue weighted by Crippen LogP contribution is 2.14. The second-order valence-electron chi connectivity index (χ2n) is 7.05. The SMILES string of the molecule is Cc1cccc(OCCCCC(=O)N2CCOC(CN(C)CC(=O)O)C2)c1. The Morgan fingerprint density at radius 1 is 1.37 bits per heavy atom. The third-order valence-corrected chi connectivity index (χ3v) is 4.46. The molecule has 27 heavy (non-hydrogen) atoms. The van der Waals surface area contributed by atoms with Crippen molar-refractivity contribution in [3.05, 3.63) is 29.8 Å². The number of aliphatic carboxylic acids is 1. The molecule has 2 rings (SSSR count). The van der Waals surface area contributed by atoms with Gasteiger partial charge < -0.3 is 19.5 Å². The van der Waals surface area contributed by atoms with Crippen molar-refractivity contribution >= 4 is 11.9 Å². The predicted molar refractivity (Wildman–Crippen MR) is 102 cm³/mol. The van der Waals surface area contributed by atoms with Gasteiger partial charge in [-0.2, -0.15) is 0 Å². The van der Waals surface area contributed by atoms with Crippen LogP contribution in [0.15, 0.2) is 24.3 Å². The van der Waals surface area contributed by atoms with Gasteiger partial charge in [-0.3, -0.25) is 14.5 Å². The van der Waals surface area contributed by atoms with E-state index >= 15 is 0 Å². The Morgan fingerprint density at radius 3 is 2.93 bits per heavy atom. The lowest BCUT2D eigenvalue weighted by atomic mass is 10.2. The predicted octanol–water partition coefficient (Wildman–Crippen LogP) is 1.79. The Hall–Kier alpha value is -2.12. The number of carboxylic acid groups (broad SMARTS) is 1. The van der Waals surface area contributed by atoms with Crippen molar-refractivity contribution in [1.82, 2.24) is 9.80 Å². The molecule has 1 atom stereocenters. The molecule has 1 aromatic carbocycles. The Morgan fingerprint density at radius 2 is 2.19 bits per heavy atom. The van der Waals surface area contributed by atoms with Crippen LogP contribution in [0, 0.1) is 6.92 Å². The zero-order valence-corrected chi connectivity index (χ0v) is 16.2. The molecule has 0 aliphatic carbocycles. The third kappa shape index (κ3) is 7.97. The number of hydrogen-bond donors (Lipinski definition) is 1. The van der Waals surface area contributed by atoms with Crippen molar-refractivity contribution in [1.29, 1.82) is 0 Å². The highest BCUT2D eigenvalue weighted by molar-refractivity contribution is 5.76. The van der Waals surface area contributed by atoms with Crippen molar-refractivity contribution in [2.24, 2.45) is 0 Å². The van der Waals surface area contributed by atoms with Gasteiger partial charge in [-0.1, -0.05) is 12.1 Å². The van der Waals surface area contributed by atoms with Gasteiger partial charge in [-0.05, 0) is 44.5 Å². The molecule has 1 aliphatic rings. The quantitative estimate of drug-likeness (QED) is 0.626. The van der Waals surface area contributed by atoms with Gasteiger partial charge in [0, 0.05) is 26.1 Å². The maximum atomic E-state index is 12.4. The Bertz CT molecular complexity index is 622. The number of rotatable bonds is 10. The summed E-state index contributed by atoms with van der Waals surface area (Å²) in [4.78, 5) is 26.7. The number of hydrogen-bond acceptors (Lipinski definition) is 5. The van der Waals surface area contributed by atoms with Gasteiger partial charge in [0.1, 0.15) is 5.75 Å². The number of carboxylic acids is 1. The van der Waals surface area contributed by atoms with Gasteiger partial charge in [0.2, 0.25) is 5.91 Å². The molecule has 1 aromatic rings. The first-order valence-corrected chi connectivity index (χ1v) is 9.43. The van der Waals surface area contributed by atoms with E-state index in [9.17, 15) is 9.59 Å². The Balaban J connectivity index is 1.64. The van der Waals surface area contributed by atoms with Crippen LogP contribution in [0.2, 0.25) is 0 Å². The number of morpholine rings is 1. The lowest BCUT2D eigenvalue weighted by Gasteiger charge is -2.34. The molecule has 0 aromatic heterocycles. The lowest BCUT2D eigenvalue weighted by Crippen LogP contribution is -2.49. The molecule has 0 saturated carbocycles. The van der Waals surface area contributed by atoms with Crippen molar-refractivity contribution < 1.29 is 24.2 Å². The molecule has 0 spiro atoms. The van der Waals surface area contributed by atoms with Crippen molar-refractivity contribution in [2.75, 3.05) is 46.4 Å². The highest BCUT2D eigenvalue weighted by Gasteiger charge is 2.25. The van der Waals surface area contributed by atoms with Gasteiger partial charge in [-0.25, -0.2) is 0 Å². The van der Waals surface area contributed by atoms with Crippen LogP contribution in [0.3, 0.4) is 0 Å². The first kappa shape index (κ1) is 21.2. The highest BCUT2D eigenvalue weighted by atomic mass is 16.5. The van der Waals surface area contributed by atoms with Crippen molar-refractivity contribution in [3.8, 4) is 5.75 Å². The fourth-order valence-electron chi connectivity index (χ4n) is 3.13. The van der Waals surface area contributed by atoms with Crippen LogP contribution in [-0.4, -0.2) is 79.3 Å². The molecule has 7 nitrogen and oxygen atoms in total. The molecular weight excluding hydrogens is 348 g/mol. The van der Waals surface area contributed by atoms with Crippen molar-refractivity contribution in [2.45, 2.75) is 32.3 Å². The number of nitrogens with zero attached hydrogens (tertiary/aromatic N) is 2. The second kappa shape index (κ2) is 10.9. The van der Waals surface area contributed by atoms with Gasteiger partial charge in [0.15, 0.2) is 0 Å². The first-order valence-electron chi connectivity index (χ1n) is 9.43. The van der Waals surface area contributed by atoms with Crippen LogP contribution in [0.4, 0.5) is 0 Å². The van der Waals surface area contributed by atoms with Crippen LogP contribution in [0.1, 0.15) is 24.8 Å². The number of aryl methyl sites for hydroxylation is 1.